The van der Waals surface area contributed by atoms with E-state index in [1.54, 1.807) is 0 Å². The predicted octanol–water partition coefficient (Wildman–Crippen LogP) is 3.86. The molecule has 0 unspecified atom stereocenters. The third kappa shape index (κ3) is 2.74. The Balaban J connectivity index is 1.89. The first-order chi connectivity index (χ1) is 9.78. The Morgan fingerprint density at radius 2 is 1.90 bits per heavy atom. The molecule has 0 radical (unpaired) electrons. The second-order valence-corrected chi connectivity index (χ2v) is 6.13. The highest BCUT2D eigenvalue weighted by Gasteiger charge is 2.15. The van der Waals surface area contributed by atoms with Gasteiger partial charge in [0.2, 0.25) is 0 Å². The molecule has 0 spiro atoms. The van der Waals surface area contributed by atoms with Crippen LogP contribution in [0.15, 0.2) is 46.9 Å². The summed E-state index contributed by atoms with van der Waals surface area (Å²) in [7, 11) is 0. The summed E-state index contributed by atoms with van der Waals surface area (Å²) in [6.45, 7) is 2.66. The number of anilines is 1. The van der Waals surface area contributed by atoms with E-state index in [1.807, 2.05) is 0 Å². The monoisotopic (exact) mass is 330 g/mol. The maximum Gasteiger partial charge on any atom is 0.0432 e. The summed E-state index contributed by atoms with van der Waals surface area (Å²) in [6.07, 6.45) is 2.38. The van der Waals surface area contributed by atoms with Crippen LogP contribution in [0.25, 0.3) is 0 Å². The van der Waals surface area contributed by atoms with Crippen LogP contribution >= 0.6 is 15.9 Å². The van der Waals surface area contributed by atoms with Crippen molar-refractivity contribution in [2.75, 3.05) is 11.4 Å². The van der Waals surface area contributed by atoms with Gasteiger partial charge in [-0.25, -0.2) is 0 Å². The highest BCUT2D eigenvalue weighted by Crippen LogP contribution is 2.28. The van der Waals surface area contributed by atoms with Gasteiger partial charge >= 0.3 is 0 Å². The summed E-state index contributed by atoms with van der Waals surface area (Å²) < 4.78 is 1.11. The predicted molar refractivity (Wildman–Crippen MR) is 87.8 cm³/mol. The number of benzene rings is 2. The molecule has 104 valence electrons. The highest BCUT2D eigenvalue weighted by atomic mass is 79.9. The number of hydrogen-bond donors (Lipinski definition) is 1. The molecular formula is C17H19BrN2. The molecule has 20 heavy (non-hydrogen) atoms. The molecule has 2 aromatic carbocycles. The fourth-order valence-electron chi connectivity index (χ4n) is 2.82. The maximum absolute atomic E-state index is 5.72. The molecular weight excluding hydrogens is 312 g/mol. The first kappa shape index (κ1) is 13.7. The SMILES string of the molecule is NCc1ccc(N2CCCc3ccccc3C2)cc1Br. The van der Waals surface area contributed by atoms with E-state index in [4.69, 9.17) is 5.73 Å². The molecule has 1 heterocycles. The molecule has 0 saturated heterocycles. The number of nitrogens with two attached hydrogens (primary N) is 1. The van der Waals surface area contributed by atoms with Crippen molar-refractivity contribution in [1.29, 1.82) is 0 Å². The lowest BCUT2D eigenvalue weighted by Crippen LogP contribution is -2.22. The van der Waals surface area contributed by atoms with Gasteiger partial charge < -0.3 is 10.6 Å². The van der Waals surface area contributed by atoms with Gasteiger partial charge in [0.1, 0.15) is 0 Å². The van der Waals surface area contributed by atoms with Crippen molar-refractivity contribution in [2.24, 2.45) is 5.73 Å². The zero-order chi connectivity index (χ0) is 13.9. The molecule has 1 aliphatic rings. The third-order valence-corrected chi connectivity index (χ3v) is 4.71. The van der Waals surface area contributed by atoms with E-state index in [0.29, 0.717) is 6.54 Å². The molecule has 0 saturated carbocycles. The fourth-order valence-corrected chi connectivity index (χ4v) is 3.35. The van der Waals surface area contributed by atoms with Crippen LogP contribution in [0.5, 0.6) is 0 Å². The standard InChI is InChI=1S/C17H19BrN2/c18-17-10-16(8-7-14(17)11-19)20-9-3-6-13-4-1-2-5-15(13)12-20/h1-2,4-5,7-8,10H,3,6,9,11-12,19H2. The van der Waals surface area contributed by atoms with Gasteiger partial charge in [-0.1, -0.05) is 46.3 Å². The van der Waals surface area contributed by atoms with Gasteiger partial charge in [-0.15, -0.1) is 0 Å². The first-order valence-electron chi connectivity index (χ1n) is 7.08. The molecule has 1 aliphatic heterocycles. The van der Waals surface area contributed by atoms with Gasteiger partial charge in [0.15, 0.2) is 0 Å². The maximum atomic E-state index is 5.72. The van der Waals surface area contributed by atoms with Crippen LogP contribution in [0.2, 0.25) is 0 Å². The minimum Gasteiger partial charge on any atom is -0.367 e. The van der Waals surface area contributed by atoms with Crippen LogP contribution in [0, 0.1) is 0 Å². The lowest BCUT2D eigenvalue weighted by atomic mass is 10.0. The minimum atomic E-state index is 0.573. The second kappa shape index (κ2) is 5.98. The van der Waals surface area contributed by atoms with Crippen molar-refractivity contribution in [3.05, 3.63) is 63.6 Å². The van der Waals surface area contributed by atoms with Gasteiger partial charge in [0, 0.05) is 29.8 Å². The smallest absolute Gasteiger partial charge is 0.0432 e. The molecule has 0 bridgehead atoms. The topological polar surface area (TPSA) is 29.3 Å². The number of hydrogen-bond acceptors (Lipinski definition) is 2. The molecule has 2 nitrogen and oxygen atoms in total. The third-order valence-electron chi connectivity index (χ3n) is 3.98. The van der Waals surface area contributed by atoms with Gasteiger partial charge in [-0.05, 0) is 41.7 Å². The Morgan fingerprint density at radius 3 is 2.65 bits per heavy atom. The zero-order valence-corrected chi connectivity index (χ0v) is 13.1. The van der Waals surface area contributed by atoms with E-state index in [1.165, 1.54) is 29.7 Å². The average Bonchev–Trinajstić information content (AvgIpc) is 2.69. The number of fused-ring (bicyclic) bond motifs is 1. The number of halogens is 1. The van der Waals surface area contributed by atoms with Crippen LogP contribution < -0.4 is 10.6 Å². The summed E-state index contributed by atoms with van der Waals surface area (Å²) in [6, 6.07) is 15.3. The molecule has 2 aromatic rings. The van der Waals surface area contributed by atoms with Crippen LogP contribution in [0.3, 0.4) is 0 Å². The second-order valence-electron chi connectivity index (χ2n) is 5.27. The fraction of sp³-hybridized carbons (Fsp3) is 0.294. The Hall–Kier alpha value is -1.32. The highest BCUT2D eigenvalue weighted by molar-refractivity contribution is 9.10. The number of aryl methyl sites for hydroxylation is 1. The van der Waals surface area contributed by atoms with Crippen LogP contribution in [-0.2, 0) is 19.5 Å². The van der Waals surface area contributed by atoms with Gasteiger partial charge in [-0.2, -0.15) is 0 Å². The normalized spacial score (nSPS) is 14.8. The van der Waals surface area contributed by atoms with E-state index >= 15 is 0 Å². The molecule has 0 atom stereocenters. The summed E-state index contributed by atoms with van der Waals surface area (Å²) in [5.41, 5.74) is 11.1. The average molecular weight is 331 g/mol. The van der Waals surface area contributed by atoms with E-state index in [9.17, 15) is 0 Å². The molecule has 2 N–H and O–H groups in total. The Morgan fingerprint density at radius 1 is 1.10 bits per heavy atom. The van der Waals surface area contributed by atoms with E-state index < -0.39 is 0 Å². The Kier molecular flexibility index (Phi) is 4.08. The zero-order valence-electron chi connectivity index (χ0n) is 11.5. The number of nitrogens with zero attached hydrogens (tertiary/aromatic N) is 1. The van der Waals surface area contributed by atoms with E-state index in [0.717, 1.165) is 23.1 Å². The molecule has 0 fully saturated rings. The molecule has 0 aromatic heterocycles. The lowest BCUT2D eigenvalue weighted by molar-refractivity contribution is 0.765. The minimum absolute atomic E-state index is 0.573. The Bertz CT molecular complexity index is 610. The van der Waals surface area contributed by atoms with Crippen LogP contribution in [0.1, 0.15) is 23.1 Å². The Labute approximate surface area is 128 Å². The van der Waals surface area contributed by atoms with Crippen molar-refractivity contribution in [3.8, 4) is 0 Å². The summed E-state index contributed by atoms with van der Waals surface area (Å²) in [5, 5.41) is 0. The van der Waals surface area contributed by atoms with Gasteiger partial charge in [0.25, 0.3) is 0 Å². The molecule has 0 aliphatic carbocycles. The van der Waals surface area contributed by atoms with Crippen molar-refractivity contribution in [3.63, 3.8) is 0 Å². The van der Waals surface area contributed by atoms with Crippen LogP contribution in [0.4, 0.5) is 5.69 Å². The van der Waals surface area contributed by atoms with Crippen molar-refractivity contribution >= 4 is 21.6 Å². The summed E-state index contributed by atoms with van der Waals surface area (Å²) in [5.74, 6) is 0. The quantitative estimate of drug-likeness (QED) is 0.905. The molecule has 3 heteroatoms. The van der Waals surface area contributed by atoms with Crippen molar-refractivity contribution in [1.82, 2.24) is 0 Å². The lowest BCUT2D eigenvalue weighted by Gasteiger charge is -2.24. The van der Waals surface area contributed by atoms with Gasteiger partial charge in [-0.3, -0.25) is 0 Å². The first-order valence-corrected chi connectivity index (χ1v) is 7.87. The van der Waals surface area contributed by atoms with E-state index in [2.05, 4.69) is 63.3 Å². The largest absolute Gasteiger partial charge is 0.367 e. The van der Waals surface area contributed by atoms with Gasteiger partial charge in [0.05, 0.1) is 0 Å². The summed E-state index contributed by atoms with van der Waals surface area (Å²) >= 11 is 3.62. The summed E-state index contributed by atoms with van der Waals surface area (Å²) in [4.78, 5) is 2.46. The molecule has 0 amide bonds. The molecule has 3 rings (SSSR count). The van der Waals surface area contributed by atoms with Crippen molar-refractivity contribution < 1.29 is 0 Å². The van der Waals surface area contributed by atoms with Crippen molar-refractivity contribution in [2.45, 2.75) is 25.9 Å². The number of rotatable bonds is 2. The van der Waals surface area contributed by atoms with Crippen LogP contribution in [-0.4, -0.2) is 6.54 Å². The van der Waals surface area contributed by atoms with E-state index in [-0.39, 0.29) is 0 Å².